The van der Waals surface area contributed by atoms with E-state index in [1.165, 1.54) is 6.07 Å². The van der Waals surface area contributed by atoms with Gasteiger partial charge in [0.15, 0.2) is 0 Å². The highest BCUT2D eigenvalue weighted by atomic mass is 35.5. The van der Waals surface area contributed by atoms with Crippen LogP contribution in [0.15, 0.2) is 42.5 Å². The molecule has 0 aliphatic heterocycles. The highest BCUT2D eigenvalue weighted by Gasteiger charge is 2.06. The van der Waals surface area contributed by atoms with Crippen LogP contribution in [0, 0.1) is 5.82 Å². The van der Waals surface area contributed by atoms with Crippen molar-refractivity contribution in [3.05, 3.63) is 58.9 Å². The molecular formula is C13H9ClFNO. The summed E-state index contributed by atoms with van der Waals surface area (Å²) >= 11 is 5.88. The van der Waals surface area contributed by atoms with Crippen LogP contribution < -0.4 is 5.32 Å². The van der Waals surface area contributed by atoms with Crippen LogP contribution in [0.25, 0.3) is 0 Å². The molecule has 0 unspecified atom stereocenters. The van der Waals surface area contributed by atoms with E-state index < -0.39 is 5.82 Å². The van der Waals surface area contributed by atoms with Crippen LogP contribution in [0.4, 0.5) is 15.8 Å². The quantitative estimate of drug-likeness (QED) is 0.832. The summed E-state index contributed by atoms with van der Waals surface area (Å²) in [6.45, 7) is 0. The van der Waals surface area contributed by atoms with Crippen molar-refractivity contribution in [1.82, 2.24) is 0 Å². The second-order valence-electron chi connectivity index (χ2n) is 3.46. The van der Waals surface area contributed by atoms with Gasteiger partial charge in [0, 0.05) is 11.3 Å². The van der Waals surface area contributed by atoms with E-state index in [2.05, 4.69) is 5.32 Å². The Hall–Kier alpha value is -1.87. The second kappa shape index (κ2) is 4.97. The standard InChI is InChI=1S/C13H9ClFNO/c14-11-2-1-3-12(15)13(11)16-10-6-4-9(8-17)5-7-10/h1-8,16H. The van der Waals surface area contributed by atoms with E-state index in [0.717, 1.165) is 6.29 Å². The highest BCUT2D eigenvalue weighted by Crippen LogP contribution is 2.27. The van der Waals surface area contributed by atoms with Crippen molar-refractivity contribution in [2.24, 2.45) is 0 Å². The van der Waals surface area contributed by atoms with Crippen molar-refractivity contribution >= 4 is 29.3 Å². The van der Waals surface area contributed by atoms with Gasteiger partial charge in [0.05, 0.1) is 10.7 Å². The minimum atomic E-state index is -0.419. The molecule has 0 fully saturated rings. The first-order chi connectivity index (χ1) is 8.20. The molecule has 0 saturated heterocycles. The largest absolute Gasteiger partial charge is 0.352 e. The van der Waals surface area contributed by atoms with E-state index in [-0.39, 0.29) is 5.69 Å². The lowest BCUT2D eigenvalue weighted by molar-refractivity contribution is 0.112. The lowest BCUT2D eigenvalue weighted by Crippen LogP contribution is -1.94. The number of carbonyl (C=O) groups excluding carboxylic acids is 1. The highest BCUT2D eigenvalue weighted by molar-refractivity contribution is 6.33. The van der Waals surface area contributed by atoms with Crippen LogP contribution in [0.5, 0.6) is 0 Å². The van der Waals surface area contributed by atoms with Gasteiger partial charge in [-0.05, 0) is 36.4 Å². The van der Waals surface area contributed by atoms with Crippen molar-refractivity contribution in [2.75, 3.05) is 5.32 Å². The van der Waals surface area contributed by atoms with Gasteiger partial charge in [0.25, 0.3) is 0 Å². The summed E-state index contributed by atoms with van der Waals surface area (Å²) in [5.41, 5.74) is 1.46. The SMILES string of the molecule is O=Cc1ccc(Nc2c(F)cccc2Cl)cc1. The molecule has 0 aliphatic carbocycles. The van der Waals surface area contributed by atoms with E-state index in [1.54, 1.807) is 36.4 Å². The fraction of sp³-hybridized carbons (Fsp3) is 0. The van der Waals surface area contributed by atoms with E-state index in [0.29, 0.717) is 16.3 Å². The number of benzene rings is 2. The Morgan fingerprint density at radius 1 is 1.12 bits per heavy atom. The Morgan fingerprint density at radius 2 is 1.82 bits per heavy atom. The monoisotopic (exact) mass is 249 g/mol. The topological polar surface area (TPSA) is 29.1 Å². The molecule has 0 aromatic heterocycles. The molecule has 2 aromatic rings. The van der Waals surface area contributed by atoms with Gasteiger partial charge in [-0.25, -0.2) is 4.39 Å². The summed E-state index contributed by atoms with van der Waals surface area (Å²) < 4.78 is 13.5. The Morgan fingerprint density at radius 3 is 2.41 bits per heavy atom. The molecule has 0 bridgehead atoms. The molecule has 2 rings (SSSR count). The molecule has 86 valence electrons. The minimum Gasteiger partial charge on any atom is -0.352 e. The number of para-hydroxylation sites is 1. The zero-order chi connectivity index (χ0) is 12.3. The molecule has 1 N–H and O–H groups in total. The second-order valence-corrected chi connectivity index (χ2v) is 3.87. The number of anilines is 2. The maximum absolute atomic E-state index is 13.5. The third-order valence-electron chi connectivity index (χ3n) is 2.28. The van der Waals surface area contributed by atoms with Crippen LogP contribution in [-0.4, -0.2) is 6.29 Å². The van der Waals surface area contributed by atoms with Gasteiger partial charge in [-0.2, -0.15) is 0 Å². The molecule has 0 spiro atoms. The summed E-state index contributed by atoms with van der Waals surface area (Å²) in [5, 5.41) is 3.18. The predicted molar refractivity (Wildman–Crippen MR) is 66.5 cm³/mol. The molecule has 0 atom stereocenters. The fourth-order valence-electron chi connectivity index (χ4n) is 1.41. The van der Waals surface area contributed by atoms with Crippen LogP contribution in [-0.2, 0) is 0 Å². The summed E-state index contributed by atoms with van der Waals surface area (Å²) in [5.74, 6) is -0.419. The zero-order valence-corrected chi connectivity index (χ0v) is 9.54. The average molecular weight is 250 g/mol. The summed E-state index contributed by atoms with van der Waals surface area (Å²) in [7, 11) is 0. The van der Waals surface area contributed by atoms with E-state index in [1.807, 2.05) is 0 Å². The van der Waals surface area contributed by atoms with Gasteiger partial charge < -0.3 is 5.32 Å². The Balaban J connectivity index is 2.28. The average Bonchev–Trinajstić information content (AvgIpc) is 2.35. The minimum absolute atomic E-state index is 0.230. The van der Waals surface area contributed by atoms with Crippen molar-refractivity contribution in [2.45, 2.75) is 0 Å². The van der Waals surface area contributed by atoms with Gasteiger partial charge in [-0.1, -0.05) is 17.7 Å². The molecule has 0 heterocycles. The first kappa shape index (κ1) is 11.6. The van der Waals surface area contributed by atoms with Crippen LogP contribution in [0.3, 0.4) is 0 Å². The zero-order valence-electron chi connectivity index (χ0n) is 8.78. The maximum atomic E-state index is 13.5. The summed E-state index contributed by atoms with van der Waals surface area (Å²) in [6.07, 6.45) is 0.750. The lowest BCUT2D eigenvalue weighted by Gasteiger charge is -2.09. The van der Waals surface area contributed by atoms with Gasteiger partial charge in [-0.3, -0.25) is 4.79 Å². The predicted octanol–water partition coefficient (Wildman–Crippen LogP) is 4.04. The summed E-state index contributed by atoms with van der Waals surface area (Å²) in [4.78, 5) is 10.5. The lowest BCUT2D eigenvalue weighted by atomic mass is 10.2. The first-order valence-electron chi connectivity index (χ1n) is 4.97. The molecule has 2 aromatic carbocycles. The Labute approximate surface area is 103 Å². The van der Waals surface area contributed by atoms with Crippen LogP contribution in [0.2, 0.25) is 5.02 Å². The van der Waals surface area contributed by atoms with E-state index in [4.69, 9.17) is 11.6 Å². The molecule has 2 nitrogen and oxygen atoms in total. The molecular weight excluding hydrogens is 241 g/mol. The number of aldehydes is 1. The van der Waals surface area contributed by atoms with Gasteiger partial charge in [0.1, 0.15) is 12.1 Å². The number of hydrogen-bond acceptors (Lipinski definition) is 2. The molecule has 0 amide bonds. The number of nitrogens with one attached hydrogen (secondary N) is 1. The van der Waals surface area contributed by atoms with Crippen molar-refractivity contribution in [3.63, 3.8) is 0 Å². The molecule has 0 aliphatic rings. The Bertz CT molecular complexity index is 519. The first-order valence-corrected chi connectivity index (χ1v) is 5.35. The summed E-state index contributed by atoms with van der Waals surface area (Å²) in [6, 6.07) is 11.1. The number of halogens is 2. The van der Waals surface area contributed by atoms with Gasteiger partial charge in [-0.15, -0.1) is 0 Å². The maximum Gasteiger partial charge on any atom is 0.150 e. The molecule has 0 radical (unpaired) electrons. The van der Waals surface area contributed by atoms with Gasteiger partial charge in [0.2, 0.25) is 0 Å². The van der Waals surface area contributed by atoms with Crippen LogP contribution >= 0.6 is 11.6 Å². The van der Waals surface area contributed by atoms with Gasteiger partial charge >= 0.3 is 0 Å². The third-order valence-corrected chi connectivity index (χ3v) is 2.59. The van der Waals surface area contributed by atoms with E-state index >= 15 is 0 Å². The Kier molecular flexibility index (Phi) is 3.40. The number of rotatable bonds is 3. The normalized spacial score (nSPS) is 10.0. The number of hydrogen-bond donors (Lipinski definition) is 1. The van der Waals surface area contributed by atoms with Crippen LogP contribution in [0.1, 0.15) is 10.4 Å². The molecule has 0 saturated carbocycles. The number of carbonyl (C=O) groups is 1. The molecule has 4 heteroatoms. The van der Waals surface area contributed by atoms with E-state index in [9.17, 15) is 9.18 Å². The third kappa shape index (κ3) is 2.63. The molecule has 17 heavy (non-hydrogen) atoms. The van der Waals surface area contributed by atoms with Crippen molar-refractivity contribution in [1.29, 1.82) is 0 Å². The fourth-order valence-corrected chi connectivity index (χ4v) is 1.62. The smallest absolute Gasteiger partial charge is 0.150 e. The van der Waals surface area contributed by atoms with Crippen molar-refractivity contribution in [3.8, 4) is 0 Å². The van der Waals surface area contributed by atoms with Crippen molar-refractivity contribution < 1.29 is 9.18 Å².